The lowest BCUT2D eigenvalue weighted by molar-refractivity contribution is -0.124. The molecule has 0 saturated heterocycles. The van der Waals surface area contributed by atoms with E-state index in [1.54, 1.807) is 0 Å². The van der Waals surface area contributed by atoms with Crippen molar-refractivity contribution in [1.82, 2.24) is 5.32 Å². The average Bonchev–Trinajstić information content (AvgIpc) is 2.19. The Morgan fingerprint density at radius 1 is 1.35 bits per heavy atom. The smallest absolute Gasteiger partial charge is 0.237 e. The number of hydrogen-bond acceptors (Lipinski definition) is 3. The first-order chi connectivity index (χ1) is 7.75. The Bertz CT molecular complexity index is 222. The number of carbonyl (C=O) groups excluding carboxylic acids is 1. The zero-order valence-corrected chi connectivity index (χ0v) is 11.9. The zero-order chi connectivity index (χ0) is 13.5. The van der Waals surface area contributed by atoms with Crippen LogP contribution in [0.2, 0.25) is 0 Å². The largest absolute Gasteiger partial charge is 0.381 e. The molecule has 0 radical (unpaired) electrons. The second-order valence-electron chi connectivity index (χ2n) is 5.96. The number of hydrogen-bond donors (Lipinski definition) is 2. The molecule has 0 spiro atoms. The number of ether oxygens (including phenoxy) is 1. The minimum Gasteiger partial charge on any atom is -0.381 e. The van der Waals surface area contributed by atoms with Gasteiger partial charge in [0.1, 0.15) is 0 Å². The lowest BCUT2D eigenvalue weighted by atomic mass is 9.87. The molecule has 0 rings (SSSR count). The van der Waals surface area contributed by atoms with E-state index < -0.39 is 6.04 Å². The van der Waals surface area contributed by atoms with Crippen LogP contribution in [0, 0.1) is 11.3 Å². The van der Waals surface area contributed by atoms with E-state index >= 15 is 0 Å². The molecule has 0 aromatic carbocycles. The molecule has 0 aromatic rings. The number of amides is 1. The first-order valence-electron chi connectivity index (χ1n) is 6.36. The predicted molar refractivity (Wildman–Crippen MR) is 70.7 cm³/mol. The molecule has 0 saturated carbocycles. The maximum atomic E-state index is 11.7. The zero-order valence-electron chi connectivity index (χ0n) is 11.9. The molecule has 4 heteroatoms. The Balaban J connectivity index is 3.59. The number of carbonyl (C=O) groups is 1. The third-order valence-electron chi connectivity index (χ3n) is 2.43. The lowest BCUT2D eigenvalue weighted by Gasteiger charge is -2.25. The summed E-state index contributed by atoms with van der Waals surface area (Å²) < 4.78 is 5.42. The van der Waals surface area contributed by atoms with Crippen LogP contribution in [-0.4, -0.2) is 31.7 Å². The van der Waals surface area contributed by atoms with Gasteiger partial charge in [0.05, 0.1) is 6.04 Å². The second-order valence-corrected chi connectivity index (χ2v) is 5.96. The van der Waals surface area contributed by atoms with Crippen LogP contribution in [0.5, 0.6) is 0 Å². The summed E-state index contributed by atoms with van der Waals surface area (Å²) in [6.07, 6.45) is 0.829. The van der Waals surface area contributed by atoms with Gasteiger partial charge in [0.15, 0.2) is 0 Å². The Kier molecular flexibility index (Phi) is 7.39. The van der Waals surface area contributed by atoms with E-state index in [1.165, 1.54) is 0 Å². The molecule has 17 heavy (non-hydrogen) atoms. The van der Waals surface area contributed by atoms with Crippen molar-refractivity contribution in [2.75, 3.05) is 19.8 Å². The molecule has 1 unspecified atom stereocenters. The molecule has 0 bridgehead atoms. The molecule has 0 aliphatic rings. The first-order valence-corrected chi connectivity index (χ1v) is 6.36. The normalized spacial score (nSPS) is 13.8. The van der Waals surface area contributed by atoms with Crippen molar-refractivity contribution in [3.8, 4) is 0 Å². The van der Waals surface area contributed by atoms with Crippen LogP contribution in [0.4, 0.5) is 0 Å². The van der Waals surface area contributed by atoms with Gasteiger partial charge < -0.3 is 15.8 Å². The SMILES string of the molecule is CC(C)COCCCNC(=O)C(N)C(C)(C)C. The summed E-state index contributed by atoms with van der Waals surface area (Å²) in [5.41, 5.74) is 5.64. The molecule has 0 heterocycles. The second kappa shape index (κ2) is 7.67. The third-order valence-corrected chi connectivity index (χ3v) is 2.43. The Labute approximate surface area is 105 Å². The van der Waals surface area contributed by atoms with Gasteiger partial charge >= 0.3 is 0 Å². The molecule has 1 atom stereocenters. The van der Waals surface area contributed by atoms with Gasteiger partial charge in [-0.05, 0) is 17.8 Å². The van der Waals surface area contributed by atoms with Crippen molar-refractivity contribution in [3.63, 3.8) is 0 Å². The van der Waals surface area contributed by atoms with Crippen molar-refractivity contribution in [2.45, 2.75) is 47.1 Å². The summed E-state index contributed by atoms with van der Waals surface area (Å²) in [6, 6.07) is -0.459. The number of nitrogens with two attached hydrogens (primary N) is 1. The molecular formula is C13H28N2O2. The highest BCUT2D eigenvalue weighted by Crippen LogP contribution is 2.16. The van der Waals surface area contributed by atoms with E-state index in [4.69, 9.17) is 10.5 Å². The summed E-state index contributed by atoms with van der Waals surface area (Å²) in [6.45, 7) is 12.2. The molecule has 1 amide bonds. The van der Waals surface area contributed by atoms with Crippen LogP contribution in [0.1, 0.15) is 41.0 Å². The van der Waals surface area contributed by atoms with Crippen molar-refractivity contribution < 1.29 is 9.53 Å². The molecular weight excluding hydrogens is 216 g/mol. The van der Waals surface area contributed by atoms with Gasteiger partial charge in [0.2, 0.25) is 5.91 Å². The van der Waals surface area contributed by atoms with Crippen molar-refractivity contribution in [2.24, 2.45) is 17.1 Å². The minimum absolute atomic E-state index is 0.0821. The highest BCUT2D eigenvalue weighted by atomic mass is 16.5. The van der Waals surface area contributed by atoms with Gasteiger partial charge in [-0.2, -0.15) is 0 Å². The number of nitrogens with one attached hydrogen (secondary N) is 1. The first kappa shape index (κ1) is 16.4. The predicted octanol–water partition coefficient (Wildman–Crippen LogP) is 1.54. The van der Waals surface area contributed by atoms with Crippen molar-refractivity contribution in [1.29, 1.82) is 0 Å². The standard InChI is InChI=1S/C13H28N2O2/c1-10(2)9-17-8-6-7-15-12(16)11(14)13(3,4)5/h10-11H,6-9,14H2,1-5H3,(H,15,16). The number of rotatable bonds is 7. The van der Waals surface area contributed by atoms with E-state index in [-0.39, 0.29) is 11.3 Å². The van der Waals surface area contributed by atoms with E-state index in [0.29, 0.717) is 19.1 Å². The van der Waals surface area contributed by atoms with E-state index in [2.05, 4.69) is 19.2 Å². The maximum Gasteiger partial charge on any atom is 0.237 e. The molecule has 0 aromatic heterocycles. The van der Waals surface area contributed by atoms with E-state index in [9.17, 15) is 4.79 Å². The topological polar surface area (TPSA) is 64.3 Å². The van der Waals surface area contributed by atoms with Gasteiger partial charge in [-0.15, -0.1) is 0 Å². The minimum atomic E-state index is -0.459. The molecule has 0 fully saturated rings. The van der Waals surface area contributed by atoms with Crippen LogP contribution in [0.25, 0.3) is 0 Å². The summed E-state index contributed by atoms with van der Waals surface area (Å²) in [5, 5.41) is 2.83. The van der Waals surface area contributed by atoms with Crippen molar-refractivity contribution in [3.05, 3.63) is 0 Å². The fourth-order valence-corrected chi connectivity index (χ4v) is 1.21. The van der Waals surface area contributed by atoms with Crippen LogP contribution in [-0.2, 0) is 9.53 Å². The quantitative estimate of drug-likeness (QED) is 0.668. The third kappa shape index (κ3) is 8.16. The highest BCUT2D eigenvalue weighted by molar-refractivity contribution is 5.82. The summed E-state index contributed by atoms with van der Waals surface area (Å²) in [7, 11) is 0. The summed E-state index contributed by atoms with van der Waals surface area (Å²) in [5.74, 6) is 0.472. The van der Waals surface area contributed by atoms with Crippen LogP contribution in [0.15, 0.2) is 0 Å². The van der Waals surface area contributed by atoms with E-state index in [0.717, 1.165) is 13.0 Å². The van der Waals surface area contributed by atoms with Gasteiger partial charge in [-0.3, -0.25) is 4.79 Å². The van der Waals surface area contributed by atoms with E-state index in [1.807, 2.05) is 20.8 Å². The van der Waals surface area contributed by atoms with Crippen molar-refractivity contribution >= 4 is 5.91 Å². The highest BCUT2D eigenvalue weighted by Gasteiger charge is 2.26. The average molecular weight is 244 g/mol. The summed E-state index contributed by atoms with van der Waals surface area (Å²) >= 11 is 0. The van der Waals surface area contributed by atoms with Gasteiger partial charge in [0.25, 0.3) is 0 Å². The fourth-order valence-electron chi connectivity index (χ4n) is 1.21. The van der Waals surface area contributed by atoms with Crippen LogP contribution >= 0.6 is 0 Å². The van der Waals surface area contributed by atoms with Gasteiger partial charge in [0, 0.05) is 19.8 Å². The Hall–Kier alpha value is -0.610. The van der Waals surface area contributed by atoms with Gasteiger partial charge in [-0.25, -0.2) is 0 Å². The fraction of sp³-hybridized carbons (Fsp3) is 0.923. The lowest BCUT2D eigenvalue weighted by Crippen LogP contribution is -2.48. The Morgan fingerprint density at radius 2 is 1.94 bits per heavy atom. The Morgan fingerprint density at radius 3 is 2.41 bits per heavy atom. The molecule has 3 N–H and O–H groups in total. The monoisotopic (exact) mass is 244 g/mol. The van der Waals surface area contributed by atoms with Crippen LogP contribution in [0.3, 0.4) is 0 Å². The van der Waals surface area contributed by atoms with Crippen LogP contribution < -0.4 is 11.1 Å². The molecule has 102 valence electrons. The molecule has 0 aliphatic carbocycles. The molecule has 4 nitrogen and oxygen atoms in total. The van der Waals surface area contributed by atoms with Gasteiger partial charge in [-0.1, -0.05) is 34.6 Å². The molecule has 0 aliphatic heterocycles. The summed E-state index contributed by atoms with van der Waals surface area (Å²) in [4.78, 5) is 11.7. The maximum absolute atomic E-state index is 11.7.